The normalized spacial score (nSPS) is 12.7. The SMILES string of the molecule is CC(Cc1cn[nH]n1)c1ccc(Cl)cc1Cl. The lowest BCUT2D eigenvalue weighted by molar-refractivity contribution is 0.736. The Bertz CT molecular complexity index is 468. The number of H-pyrrole nitrogens is 1. The highest BCUT2D eigenvalue weighted by Crippen LogP contribution is 2.28. The summed E-state index contributed by atoms with van der Waals surface area (Å²) in [7, 11) is 0. The number of hydrogen-bond acceptors (Lipinski definition) is 2. The second kappa shape index (κ2) is 4.85. The van der Waals surface area contributed by atoms with Gasteiger partial charge in [-0.15, -0.1) is 0 Å². The Kier molecular flexibility index (Phi) is 3.46. The molecule has 5 heteroatoms. The van der Waals surface area contributed by atoms with Crippen LogP contribution in [0.1, 0.15) is 24.1 Å². The number of nitrogens with zero attached hydrogens (tertiary/aromatic N) is 2. The Labute approximate surface area is 104 Å². The van der Waals surface area contributed by atoms with Gasteiger partial charge in [-0.05, 0) is 30.0 Å². The fourth-order valence-corrected chi connectivity index (χ4v) is 2.24. The van der Waals surface area contributed by atoms with Gasteiger partial charge in [0.1, 0.15) is 0 Å². The van der Waals surface area contributed by atoms with Crippen LogP contribution in [0.3, 0.4) is 0 Å². The Hall–Kier alpha value is -1.06. The van der Waals surface area contributed by atoms with E-state index in [4.69, 9.17) is 23.2 Å². The molecule has 1 N–H and O–H groups in total. The largest absolute Gasteiger partial charge is 0.198 e. The quantitative estimate of drug-likeness (QED) is 0.913. The van der Waals surface area contributed by atoms with E-state index < -0.39 is 0 Å². The average molecular weight is 256 g/mol. The fraction of sp³-hybridized carbons (Fsp3) is 0.273. The van der Waals surface area contributed by atoms with E-state index in [2.05, 4.69) is 22.3 Å². The van der Waals surface area contributed by atoms with E-state index in [-0.39, 0.29) is 5.92 Å². The minimum atomic E-state index is 0.287. The molecule has 0 fully saturated rings. The maximum atomic E-state index is 6.14. The molecule has 0 bridgehead atoms. The molecule has 0 saturated heterocycles. The lowest BCUT2D eigenvalue weighted by atomic mass is 9.96. The summed E-state index contributed by atoms with van der Waals surface area (Å²) < 4.78 is 0. The molecular formula is C11H11Cl2N3. The first-order valence-electron chi connectivity index (χ1n) is 4.96. The van der Waals surface area contributed by atoms with Gasteiger partial charge in [0.25, 0.3) is 0 Å². The Morgan fingerprint density at radius 2 is 2.19 bits per heavy atom. The van der Waals surface area contributed by atoms with Crippen molar-refractivity contribution in [2.24, 2.45) is 0 Å². The second-order valence-corrected chi connectivity index (χ2v) is 4.58. The van der Waals surface area contributed by atoms with Crippen molar-refractivity contribution in [2.75, 3.05) is 0 Å². The van der Waals surface area contributed by atoms with Crippen LogP contribution in [-0.4, -0.2) is 15.4 Å². The minimum Gasteiger partial charge on any atom is -0.198 e. The topological polar surface area (TPSA) is 41.6 Å². The smallest absolute Gasteiger partial charge is 0.0830 e. The first kappa shape index (κ1) is 11.4. The highest BCUT2D eigenvalue weighted by atomic mass is 35.5. The maximum absolute atomic E-state index is 6.14. The number of aromatic nitrogens is 3. The number of benzene rings is 1. The number of rotatable bonds is 3. The molecule has 0 aliphatic rings. The summed E-state index contributed by atoms with van der Waals surface area (Å²) in [6.45, 7) is 2.10. The summed E-state index contributed by atoms with van der Waals surface area (Å²) in [5.74, 6) is 0.287. The summed E-state index contributed by atoms with van der Waals surface area (Å²) >= 11 is 12.0. The number of nitrogens with one attached hydrogen (secondary N) is 1. The summed E-state index contributed by atoms with van der Waals surface area (Å²) in [5, 5.41) is 11.7. The van der Waals surface area contributed by atoms with Crippen LogP contribution in [0.2, 0.25) is 10.0 Å². The van der Waals surface area contributed by atoms with Gasteiger partial charge in [0, 0.05) is 10.0 Å². The van der Waals surface area contributed by atoms with Crippen LogP contribution in [0.5, 0.6) is 0 Å². The summed E-state index contributed by atoms with van der Waals surface area (Å²) in [5.41, 5.74) is 2.01. The predicted octanol–water partition coefficient (Wildman–Crippen LogP) is 3.46. The molecule has 0 aliphatic heterocycles. The van der Waals surface area contributed by atoms with Crippen molar-refractivity contribution >= 4 is 23.2 Å². The van der Waals surface area contributed by atoms with Crippen LogP contribution in [0.25, 0.3) is 0 Å². The summed E-state index contributed by atoms with van der Waals surface area (Å²) in [4.78, 5) is 0. The van der Waals surface area contributed by atoms with Crippen molar-refractivity contribution in [1.29, 1.82) is 0 Å². The molecule has 16 heavy (non-hydrogen) atoms. The predicted molar refractivity (Wildman–Crippen MR) is 65.0 cm³/mol. The zero-order chi connectivity index (χ0) is 11.5. The molecule has 0 radical (unpaired) electrons. The van der Waals surface area contributed by atoms with Crippen molar-refractivity contribution in [1.82, 2.24) is 15.4 Å². The van der Waals surface area contributed by atoms with Gasteiger partial charge in [0.15, 0.2) is 0 Å². The van der Waals surface area contributed by atoms with Gasteiger partial charge < -0.3 is 0 Å². The average Bonchev–Trinajstić information content (AvgIpc) is 2.70. The minimum absolute atomic E-state index is 0.287. The van der Waals surface area contributed by atoms with Crippen LogP contribution in [-0.2, 0) is 6.42 Å². The van der Waals surface area contributed by atoms with E-state index in [0.717, 1.165) is 17.7 Å². The summed E-state index contributed by atoms with van der Waals surface area (Å²) in [6.07, 6.45) is 2.53. The number of hydrogen-bond donors (Lipinski definition) is 1. The first-order valence-corrected chi connectivity index (χ1v) is 5.72. The molecule has 1 heterocycles. The first-order chi connectivity index (χ1) is 7.66. The summed E-state index contributed by atoms with van der Waals surface area (Å²) in [6, 6.07) is 5.56. The van der Waals surface area contributed by atoms with Crippen molar-refractivity contribution in [3.63, 3.8) is 0 Å². The van der Waals surface area contributed by atoms with E-state index >= 15 is 0 Å². The van der Waals surface area contributed by atoms with E-state index in [0.29, 0.717) is 10.0 Å². The van der Waals surface area contributed by atoms with Gasteiger partial charge in [-0.25, -0.2) is 0 Å². The van der Waals surface area contributed by atoms with Crippen LogP contribution in [0.4, 0.5) is 0 Å². The van der Waals surface area contributed by atoms with Crippen molar-refractivity contribution in [2.45, 2.75) is 19.3 Å². The van der Waals surface area contributed by atoms with E-state index in [9.17, 15) is 0 Å². The Morgan fingerprint density at radius 1 is 1.38 bits per heavy atom. The fourth-order valence-electron chi connectivity index (χ4n) is 1.65. The Morgan fingerprint density at radius 3 is 2.81 bits per heavy atom. The van der Waals surface area contributed by atoms with Gasteiger partial charge >= 0.3 is 0 Å². The molecule has 84 valence electrons. The van der Waals surface area contributed by atoms with Crippen molar-refractivity contribution in [3.8, 4) is 0 Å². The monoisotopic (exact) mass is 255 g/mol. The molecule has 1 aromatic heterocycles. The lowest BCUT2D eigenvalue weighted by Crippen LogP contribution is -1.99. The molecule has 2 aromatic rings. The highest BCUT2D eigenvalue weighted by Gasteiger charge is 2.12. The third kappa shape index (κ3) is 2.54. The standard InChI is InChI=1S/C11H11Cl2N3/c1-7(4-9-6-14-16-15-9)10-3-2-8(12)5-11(10)13/h2-3,5-7H,4H2,1H3,(H,14,15,16). The van der Waals surface area contributed by atoms with Crippen LogP contribution < -0.4 is 0 Å². The van der Waals surface area contributed by atoms with E-state index in [1.807, 2.05) is 12.1 Å². The molecule has 1 atom stereocenters. The van der Waals surface area contributed by atoms with Gasteiger partial charge in [-0.3, -0.25) is 0 Å². The van der Waals surface area contributed by atoms with Crippen LogP contribution >= 0.6 is 23.2 Å². The molecule has 1 unspecified atom stereocenters. The van der Waals surface area contributed by atoms with Crippen molar-refractivity contribution < 1.29 is 0 Å². The maximum Gasteiger partial charge on any atom is 0.0830 e. The molecule has 0 saturated carbocycles. The number of halogens is 2. The van der Waals surface area contributed by atoms with E-state index in [1.165, 1.54) is 0 Å². The second-order valence-electron chi connectivity index (χ2n) is 3.73. The highest BCUT2D eigenvalue weighted by molar-refractivity contribution is 6.35. The number of aromatic amines is 1. The Balaban J connectivity index is 2.17. The molecule has 2 rings (SSSR count). The zero-order valence-electron chi connectivity index (χ0n) is 8.74. The zero-order valence-corrected chi connectivity index (χ0v) is 10.3. The third-order valence-corrected chi connectivity index (χ3v) is 3.04. The molecule has 0 aliphatic carbocycles. The van der Waals surface area contributed by atoms with Gasteiger partial charge in [0.2, 0.25) is 0 Å². The van der Waals surface area contributed by atoms with E-state index in [1.54, 1.807) is 12.3 Å². The molecule has 1 aromatic carbocycles. The molecule has 0 spiro atoms. The molecule has 0 amide bonds. The van der Waals surface area contributed by atoms with Gasteiger partial charge in [0.05, 0.1) is 11.9 Å². The van der Waals surface area contributed by atoms with Gasteiger partial charge in [-0.1, -0.05) is 36.2 Å². The third-order valence-electron chi connectivity index (χ3n) is 2.47. The van der Waals surface area contributed by atoms with Gasteiger partial charge in [-0.2, -0.15) is 15.4 Å². The van der Waals surface area contributed by atoms with Crippen molar-refractivity contribution in [3.05, 3.63) is 45.7 Å². The molecule has 3 nitrogen and oxygen atoms in total. The van der Waals surface area contributed by atoms with Crippen LogP contribution in [0, 0.1) is 0 Å². The van der Waals surface area contributed by atoms with Crippen LogP contribution in [0.15, 0.2) is 24.4 Å². The lowest BCUT2D eigenvalue weighted by Gasteiger charge is -2.12. The molecular weight excluding hydrogens is 245 g/mol.